The number of rotatable bonds is 6. The van der Waals surface area contributed by atoms with Crippen LogP contribution in [0.4, 0.5) is 39.5 Å². The van der Waals surface area contributed by atoms with Crippen LogP contribution in [-0.4, -0.2) is 58.4 Å². The van der Waals surface area contributed by atoms with E-state index in [4.69, 9.17) is 0 Å². The highest BCUT2D eigenvalue weighted by atomic mass is 19.4. The molecule has 0 unspecified atom stereocenters. The molecule has 0 aliphatic carbocycles. The van der Waals surface area contributed by atoms with Crippen molar-refractivity contribution in [3.05, 3.63) is 89.2 Å². The zero-order valence-electron chi connectivity index (χ0n) is 20.8. The van der Waals surface area contributed by atoms with E-state index in [2.05, 4.69) is 9.88 Å². The van der Waals surface area contributed by atoms with Crippen molar-refractivity contribution in [3.63, 3.8) is 0 Å². The molecular weight excluding hydrogens is 553 g/mol. The van der Waals surface area contributed by atoms with Gasteiger partial charge in [-0.25, -0.2) is 0 Å². The van der Waals surface area contributed by atoms with Crippen LogP contribution >= 0.6 is 0 Å². The van der Waals surface area contributed by atoms with Crippen LogP contribution in [0.25, 0.3) is 11.1 Å². The first-order chi connectivity index (χ1) is 18.6. The van der Waals surface area contributed by atoms with Gasteiger partial charge in [0.05, 0.1) is 5.56 Å². The van der Waals surface area contributed by atoms with Gasteiger partial charge in [-0.15, -0.1) is 0 Å². The molecule has 1 fully saturated rings. The maximum absolute atomic E-state index is 14.0. The van der Waals surface area contributed by atoms with Crippen LogP contribution in [0.3, 0.4) is 0 Å². The van der Waals surface area contributed by atoms with Crippen LogP contribution in [0.15, 0.2) is 67.0 Å². The summed E-state index contributed by atoms with van der Waals surface area (Å²) in [6.45, 7) is 3.62. The smallest absolute Gasteiger partial charge is 0.369 e. The summed E-state index contributed by atoms with van der Waals surface area (Å²) >= 11 is 0. The molecule has 4 rings (SSSR count). The highest BCUT2D eigenvalue weighted by Crippen LogP contribution is 2.50. The van der Waals surface area contributed by atoms with Crippen molar-refractivity contribution in [1.29, 1.82) is 0 Å². The second-order valence-electron chi connectivity index (χ2n) is 9.57. The average Bonchev–Trinajstić information content (AvgIpc) is 2.88. The third kappa shape index (κ3) is 6.26. The van der Waals surface area contributed by atoms with Gasteiger partial charge in [-0.3, -0.25) is 14.8 Å². The summed E-state index contributed by atoms with van der Waals surface area (Å²) in [4.78, 5) is 8.20. The predicted molar refractivity (Wildman–Crippen MR) is 128 cm³/mol. The van der Waals surface area contributed by atoms with Gasteiger partial charge >= 0.3 is 18.5 Å². The molecule has 0 bridgehead atoms. The number of halogens is 9. The van der Waals surface area contributed by atoms with E-state index in [0.717, 1.165) is 24.2 Å². The molecule has 1 aliphatic rings. The fourth-order valence-electron chi connectivity index (χ4n) is 4.67. The number of nitrogens with zero attached hydrogens (tertiary/aromatic N) is 3. The molecule has 0 amide bonds. The van der Waals surface area contributed by atoms with Crippen LogP contribution in [0.5, 0.6) is 0 Å². The van der Waals surface area contributed by atoms with Gasteiger partial charge in [-0.05, 0) is 40.5 Å². The summed E-state index contributed by atoms with van der Waals surface area (Å²) in [6.07, 6.45) is -13.6. The molecule has 1 aliphatic heterocycles. The summed E-state index contributed by atoms with van der Waals surface area (Å²) in [7, 11) is 0. The third-order valence-corrected chi connectivity index (χ3v) is 6.85. The van der Waals surface area contributed by atoms with Crippen molar-refractivity contribution in [3.8, 4) is 11.1 Å². The van der Waals surface area contributed by atoms with E-state index in [-0.39, 0.29) is 12.1 Å². The van der Waals surface area contributed by atoms with Gasteiger partial charge in [0, 0.05) is 57.2 Å². The Kier molecular flexibility index (Phi) is 8.21. The summed E-state index contributed by atoms with van der Waals surface area (Å²) in [6, 6.07) is 9.41. The highest BCUT2D eigenvalue weighted by Gasteiger charge is 2.71. The lowest BCUT2D eigenvalue weighted by Gasteiger charge is -2.35. The molecule has 4 nitrogen and oxygen atoms in total. The van der Waals surface area contributed by atoms with Crippen molar-refractivity contribution in [1.82, 2.24) is 14.8 Å². The number of aliphatic hydroxyl groups is 1. The predicted octanol–water partition coefficient (Wildman–Crippen LogP) is 6.40. The fourth-order valence-corrected chi connectivity index (χ4v) is 4.67. The maximum Gasteiger partial charge on any atom is 0.430 e. The number of benzene rings is 2. The van der Waals surface area contributed by atoms with Gasteiger partial charge in [0.15, 0.2) is 0 Å². The number of hydrogen-bond donors (Lipinski definition) is 1. The topological polar surface area (TPSA) is 39.6 Å². The molecule has 0 radical (unpaired) electrons. The normalized spacial score (nSPS) is 16.4. The Balaban J connectivity index is 1.52. The Morgan fingerprint density at radius 2 is 1.15 bits per heavy atom. The molecule has 216 valence electrons. The molecule has 2 aromatic carbocycles. The number of pyridine rings is 1. The van der Waals surface area contributed by atoms with E-state index < -0.39 is 40.8 Å². The van der Waals surface area contributed by atoms with Crippen molar-refractivity contribution < 1.29 is 44.6 Å². The Hall–Kier alpha value is -3.16. The first kappa shape index (κ1) is 29.8. The molecular formula is C27H24F9N3O. The number of piperazine rings is 1. The minimum atomic E-state index is -6.10. The first-order valence-corrected chi connectivity index (χ1v) is 12.1. The molecule has 0 saturated carbocycles. The minimum Gasteiger partial charge on any atom is -0.369 e. The van der Waals surface area contributed by atoms with Gasteiger partial charge in [0.1, 0.15) is 0 Å². The van der Waals surface area contributed by atoms with Gasteiger partial charge < -0.3 is 5.11 Å². The van der Waals surface area contributed by atoms with Crippen molar-refractivity contribution >= 4 is 0 Å². The largest absolute Gasteiger partial charge is 0.430 e. The molecule has 0 atom stereocenters. The zero-order chi connectivity index (χ0) is 29.3. The fraction of sp³-hybridized carbons (Fsp3) is 0.370. The van der Waals surface area contributed by atoms with E-state index in [9.17, 15) is 44.6 Å². The summed E-state index contributed by atoms with van der Waals surface area (Å²) in [5.74, 6) is 0. The Labute approximate surface area is 223 Å². The first-order valence-electron chi connectivity index (χ1n) is 12.1. The lowest BCUT2D eigenvalue weighted by atomic mass is 9.89. The highest BCUT2D eigenvalue weighted by molar-refractivity contribution is 5.69. The van der Waals surface area contributed by atoms with Gasteiger partial charge in [0.2, 0.25) is 0 Å². The van der Waals surface area contributed by atoms with E-state index in [1.165, 1.54) is 6.07 Å². The summed E-state index contributed by atoms with van der Waals surface area (Å²) in [5, 5.41) is 9.54. The van der Waals surface area contributed by atoms with Crippen molar-refractivity contribution in [2.45, 2.75) is 37.2 Å². The van der Waals surface area contributed by atoms with Gasteiger partial charge in [-0.1, -0.05) is 36.4 Å². The van der Waals surface area contributed by atoms with Crippen LogP contribution in [0.2, 0.25) is 0 Å². The van der Waals surface area contributed by atoms with Crippen LogP contribution in [-0.2, 0) is 24.9 Å². The quantitative estimate of drug-likeness (QED) is 0.345. The third-order valence-electron chi connectivity index (χ3n) is 6.85. The van der Waals surface area contributed by atoms with Gasteiger partial charge in [0.25, 0.3) is 5.60 Å². The average molecular weight is 577 g/mol. The maximum atomic E-state index is 14.0. The molecule has 40 heavy (non-hydrogen) atoms. The molecule has 3 aromatic rings. The lowest BCUT2D eigenvalue weighted by Crippen LogP contribution is -2.53. The molecule has 1 aromatic heterocycles. The van der Waals surface area contributed by atoms with E-state index in [1.807, 2.05) is 17.0 Å². The Bertz CT molecular complexity index is 1270. The second kappa shape index (κ2) is 11.0. The Morgan fingerprint density at radius 1 is 0.650 bits per heavy atom. The van der Waals surface area contributed by atoms with Crippen LogP contribution in [0.1, 0.15) is 22.3 Å². The zero-order valence-corrected chi connectivity index (χ0v) is 20.8. The molecule has 1 saturated heterocycles. The standard InChI is InChI=1S/C27H24F9N3O/c28-25(29,30)23-15-19(17-39-13-11-38(12-14-39)16-18-7-9-37-10-8-18)1-6-22(23)20-2-4-21(5-3-20)24(40,26(31,32)33)27(34,35)36/h1-10,15,40H,11-14,16-17H2. The number of aromatic nitrogens is 1. The molecule has 13 heteroatoms. The minimum absolute atomic E-state index is 0.232. The molecule has 1 N–H and O–H groups in total. The monoisotopic (exact) mass is 577 g/mol. The number of hydrogen-bond acceptors (Lipinski definition) is 4. The van der Waals surface area contributed by atoms with E-state index in [0.29, 0.717) is 56.0 Å². The van der Waals surface area contributed by atoms with Gasteiger partial charge in [-0.2, -0.15) is 39.5 Å². The van der Waals surface area contributed by atoms with Crippen molar-refractivity contribution in [2.24, 2.45) is 0 Å². The SMILES string of the molecule is OC(c1ccc(-c2ccc(CN3CCN(Cc4ccncc4)CC3)cc2C(F)(F)F)cc1)(C(F)(F)F)C(F)(F)F. The van der Waals surface area contributed by atoms with E-state index >= 15 is 0 Å². The van der Waals surface area contributed by atoms with E-state index in [1.54, 1.807) is 12.4 Å². The summed E-state index contributed by atoms with van der Waals surface area (Å²) in [5.41, 5.74) is -6.99. The molecule has 0 spiro atoms. The van der Waals surface area contributed by atoms with Crippen LogP contribution in [0, 0.1) is 0 Å². The second-order valence-corrected chi connectivity index (χ2v) is 9.57. The van der Waals surface area contributed by atoms with Crippen LogP contribution < -0.4 is 0 Å². The lowest BCUT2D eigenvalue weighted by molar-refractivity contribution is -0.376. The Morgan fingerprint density at radius 3 is 1.62 bits per heavy atom. The molecule has 2 heterocycles. The van der Waals surface area contributed by atoms with Crippen molar-refractivity contribution in [2.75, 3.05) is 26.2 Å². The number of alkyl halides is 9. The summed E-state index contributed by atoms with van der Waals surface area (Å²) < 4.78 is 121.